The van der Waals surface area contributed by atoms with Gasteiger partial charge in [0.2, 0.25) is 0 Å². The van der Waals surface area contributed by atoms with Crippen LogP contribution in [-0.4, -0.2) is 45.7 Å². The normalized spacial score (nSPS) is 21.0. The minimum absolute atomic E-state index is 0.163. The fourth-order valence-corrected chi connectivity index (χ4v) is 2.70. The van der Waals surface area contributed by atoms with E-state index in [9.17, 15) is 5.11 Å². The van der Waals surface area contributed by atoms with Crippen molar-refractivity contribution in [3.05, 3.63) is 24.0 Å². The largest absolute Gasteiger partial charge is 0.399 e. The van der Waals surface area contributed by atoms with E-state index in [0.29, 0.717) is 0 Å². The van der Waals surface area contributed by atoms with Crippen LogP contribution in [0.3, 0.4) is 0 Å². The van der Waals surface area contributed by atoms with E-state index in [1.165, 1.54) is 0 Å². The number of nitrogens with two attached hydrogens (primary N) is 1. The molecule has 1 atom stereocenters. The number of likely N-dealkylation sites (tertiary alicyclic amines) is 1. The van der Waals surface area contributed by atoms with Gasteiger partial charge in [-0.1, -0.05) is 0 Å². The Bertz CT molecular complexity index is 566. The molecular formula is C14H20N4O. The fourth-order valence-electron chi connectivity index (χ4n) is 2.70. The summed E-state index contributed by atoms with van der Waals surface area (Å²) in [6.07, 6.45) is 2.73. The molecule has 102 valence electrons. The molecule has 3 rings (SSSR count). The predicted octanol–water partition coefficient (Wildman–Crippen LogP) is 1.14. The maximum Gasteiger partial charge on any atom is 0.108 e. The number of anilines is 1. The van der Waals surface area contributed by atoms with Gasteiger partial charge in [-0.15, -0.1) is 0 Å². The molecule has 0 spiro atoms. The maximum absolute atomic E-state index is 9.64. The fraction of sp³-hybridized carbons (Fsp3) is 0.500. The van der Waals surface area contributed by atoms with Gasteiger partial charge in [-0.25, -0.2) is 4.98 Å². The van der Waals surface area contributed by atoms with Crippen LogP contribution in [0.1, 0.15) is 18.7 Å². The summed E-state index contributed by atoms with van der Waals surface area (Å²) in [4.78, 5) is 10.2. The van der Waals surface area contributed by atoms with Crippen LogP contribution < -0.4 is 5.73 Å². The molecule has 0 bridgehead atoms. The van der Waals surface area contributed by atoms with Gasteiger partial charge in [0.05, 0.1) is 17.1 Å². The van der Waals surface area contributed by atoms with E-state index in [1.54, 1.807) is 0 Å². The first-order chi connectivity index (χ1) is 9.20. The lowest BCUT2D eigenvalue weighted by atomic mass is 10.1. The molecule has 1 aromatic carbocycles. The van der Waals surface area contributed by atoms with Crippen LogP contribution in [0.5, 0.6) is 0 Å². The Morgan fingerprint density at radius 1 is 1.47 bits per heavy atom. The van der Waals surface area contributed by atoms with E-state index in [1.807, 2.05) is 18.2 Å². The van der Waals surface area contributed by atoms with Crippen molar-refractivity contribution in [2.24, 2.45) is 0 Å². The van der Waals surface area contributed by atoms with Crippen LogP contribution in [0.25, 0.3) is 11.0 Å². The van der Waals surface area contributed by atoms with Crippen molar-refractivity contribution in [3.8, 4) is 0 Å². The Morgan fingerprint density at radius 3 is 3.21 bits per heavy atom. The molecule has 2 aromatic rings. The molecule has 0 radical (unpaired) electrons. The van der Waals surface area contributed by atoms with E-state index in [2.05, 4.69) is 14.9 Å². The van der Waals surface area contributed by atoms with Crippen molar-refractivity contribution in [1.82, 2.24) is 14.9 Å². The van der Waals surface area contributed by atoms with Crippen molar-refractivity contribution >= 4 is 16.7 Å². The number of rotatable bonds is 3. The molecule has 0 amide bonds. The van der Waals surface area contributed by atoms with Gasteiger partial charge in [-0.05, 0) is 37.6 Å². The minimum atomic E-state index is -0.163. The highest BCUT2D eigenvalue weighted by molar-refractivity contribution is 5.78. The number of imidazole rings is 1. The molecule has 0 saturated carbocycles. The lowest BCUT2D eigenvalue weighted by Gasteiger charge is -2.29. The Labute approximate surface area is 112 Å². The monoisotopic (exact) mass is 260 g/mol. The van der Waals surface area contributed by atoms with Crippen LogP contribution in [0, 0.1) is 0 Å². The molecule has 19 heavy (non-hydrogen) atoms. The summed E-state index contributed by atoms with van der Waals surface area (Å²) in [5.41, 5.74) is 8.46. The third-order valence-electron chi connectivity index (χ3n) is 3.70. The van der Waals surface area contributed by atoms with Crippen molar-refractivity contribution in [2.45, 2.75) is 25.4 Å². The Hall–Kier alpha value is -1.59. The highest BCUT2D eigenvalue weighted by Gasteiger charge is 2.17. The highest BCUT2D eigenvalue weighted by Crippen LogP contribution is 2.16. The molecule has 5 nitrogen and oxygen atoms in total. The van der Waals surface area contributed by atoms with Crippen LogP contribution >= 0.6 is 0 Å². The number of nitrogens with one attached hydrogen (secondary N) is 1. The van der Waals surface area contributed by atoms with Crippen molar-refractivity contribution in [1.29, 1.82) is 0 Å². The summed E-state index contributed by atoms with van der Waals surface area (Å²) < 4.78 is 0. The first-order valence-electron chi connectivity index (χ1n) is 6.85. The van der Waals surface area contributed by atoms with Gasteiger partial charge in [0, 0.05) is 25.2 Å². The van der Waals surface area contributed by atoms with E-state index in [4.69, 9.17) is 5.73 Å². The second-order valence-corrected chi connectivity index (χ2v) is 5.31. The zero-order chi connectivity index (χ0) is 13.2. The third kappa shape index (κ3) is 2.88. The lowest BCUT2D eigenvalue weighted by Crippen LogP contribution is -2.39. The average molecular weight is 260 g/mol. The molecule has 4 N–H and O–H groups in total. The van der Waals surface area contributed by atoms with Gasteiger partial charge < -0.3 is 20.7 Å². The van der Waals surface area contributed by atoms with Crippen molar-refractivity contribution < 1.29 is 5.11 Å². The highest BCUT2D eigenvalue weighted by atomic mass is 16.3. The van der Waals surface area contributed by atoms with Crippen LogP contribution in [0.2, 0.25) is 0 Å². The summed E-state index contributed by atoms with van der Waals surface area (Å²) in [6, 6.07) is 5.72. The van der Waals surface area contributed by atoms with Crippen molar-refractivity contribution in [2.75, 3.05) is 25.4 Å². The van der Waals surface area contributed by atoms with Crippen LogP contribution in [0.4, 0.5) is 5.69 Å². The van der Waals surface area contributed by atoms with E-state index >= 15 is 0 Å². The zero-order valence-corrected chi connectivity index (χ0v) is 11.0. The molecule has 1 unspecified atom stereocenters. The van der Waals surface area contributed by atoms with Crippen LogP contribution in [0.15, 0.2) is 18.2 Å². The Kier molecular flexibility index (Phi) is 3.40. The number of nitrogen functional groups attached to an aromatic ring is 1. The van der Waals surface area contributed by atoms with E-state index in [-0.39, 0.29) is 6.10 Å². The summed E-state index contributed by atoms with van der Waals surface area (Å²) in [7, 11) is 0. The van der Waals surface area contributed by atoms with Gasteiger partial charge in [0.15, 0.2) is 0 Å². The quantitative estimate of drug-likeness (QED) is 0.723. The smallest absolute Gasteiger partial charge is 0.108 e. The first kappa shape index (κ1) is 12.4. The molecule has 1 aromatic heterocycles. The number of aliphatic hydroxyl groups is 1. The summed E-state index contributed by atoms with van der Waals surface area (Å²) >= 11 is 0. The number of piperidine rings is 1. The number of aromatic amines is 1. The number of fused-ring (bicyclic) bond motifs is 1. The number of nitrogens with zero attached hydrogens (tertiary/aromatic N) is 2. The van der Waals surface area contributed by atoms with Gasteiger partial charge in [-0.2, -0.15) is 0 Å². The number of aromatic nitrogens is 2. The van der Waals surface area contributed by atoms with E-state index < -0.39 is 0 Å². The van der Waals surface area contributed by atoms with Gasteiger partial charge in [0.25, 0.3) is 0 Å². The number of hydrogen-bond donors (Lipinski definition) is 3. The predicted molar refractivity (Wildman–Crippen MR) is 75.9 cm³/mol. The Morgan fingerprint density at radius 2 is 2.37 bits per heavy atom. The summed E-state index contributed by atoms with van der Waals surface area (Å²) in [5.74, 6) is 0.987. The summed E-state index contributed by atoms with van der Waals surface area (Å²) in [5, 5.41) is 9.64. The molecule has 2 heterocycles. The average Bonchev–Trinajstić information content (AvgIpc) is 2.78. The second kappa shape index (κ2) is 5.19. The Balaban J connectivity index is 1.65. The number of H-pyrrole nitrogens is 1. The molecular weight excluding hydrogens is 240 g/mol. The number of hydrogen-bond acceptors (Lipinski definition) is 4. The maximum atomic E-state index is 9.64. The van der Waals surface area contributed by atoms with E-state index in [0.717, 1.165) is 61.4 Å². The molecule has 1 aliphatic rings. The molecule has 1 aliphatic heterocycles. The molecule has 1 saturated heterocycles. The standard InChI is InChI=1S/C14H20N4O/c15-10-3-4-12-13(8-10)17-14(16-12)5-7-18-6-1-2-11(19)9-18/h3-4,8,11,19H,1-2,5-7,9,15H2,(H,16,17). The summed E-state index contributed by atoms with van der Waals surface area (Å²) in [6.45, 7) is 2.80. The third-order valence-corrected chi connectivity index (χ3v) is 3.70. The molecule has 5 heteroatoms. The SMILES string of the molecule is Nc1ccc2nc(CCN3CCCC(O)C3)[nH]c2c1. The number of aliphatic hydroxyl groups excluding tert-OH is 1. The number of β-amino-alcohol motifs (C(OH)–C–C–N with tert-alkyl or cyclic N) is 1. The number of benzene rings is 1. The zero-order valence-electron chi connectivity index (χ0n) is 11.0. The van der Waals surface area contributed by atoms with Gasteiger partial charge in [0.1, 0.15) is 5.82 Å². The minimum Gasteiger partial charge on any atom is -0.399 e. The first-order valence-corrected chi connectivity index (χ1v) is 6.85. The molecule has 1 fully saturated rings. The van der Waals surface area contributed by atoms with Crippen molar-refractivity contribution in [3.63, 3.8) is 0 Å². The lowest BCUT2D eigenvalue weighted by molar-refractivity contribution is 0.0711. The van der Waals surface area contributed by atoms with Crippen LogP contribution in [-0.2, 0) is 6.42 Å². The second-order valence-electron chi connectivity index (χ2n) is 5.31. The molecule has 0 aliphatic carbocycles. The topological polar surface area (TPSA) is 78.2 Å². The van der Waals surface area contributed by atoms with Gasteiger partial charge in [-0.3, -0.25) is 0 Å². The van der Waals surface area contributed by atoms with Gasteiger partial charge >= 0.3 is 0 Å².